The van der Waals surface area contributed by atoms with Gasteiger partial charge in [-0.2, -0.15) is 0 Å². The van der Waals surface area contributed by atoms with Crippen LogP contribution in [0, 0.1) is 5.92 Å². The standard InChI is InChI=1S/C18H38N2O3/c1-5-7-8-9-10-11-13-16(14-12-15-20-17(19)21)18(6-2,22-3)23-4/h16H,5-15H2,1-4H3,(H3,19,20,21). The highest BCUT2D eigenvalue weighted by Crippen LogP contribution is 2.34. The van der Waals surface area contributed by atoms with E-state index in [1.165, 1.54) is 38.5 Å². The zero-order chi connectivity index (χ0) is 17.6. The Bertz CT molecular complexity index is 286. The molecule has 1 atom stereocenters. The van der Waals surface area contributed by atoms with Crippen LogP contribution in [-0.4, -0.2) is 32.6 Å². The summed E-state index contributed by atoms with van der Waals surface area (Å²) < 4.78 is 11.5. The highest BCUT2D eigenvalue weighted by Gasteiger charge is 2.36. The van der Waals surface area contributed by atoms with Gasteiger partial charge in [0.2, 0.25) is 0 Å². The third kappa shape index (κ3) is 9.16. The first-order valence-electron chi connectivity index (χ1n) is 9.19. The highest BCUT2D eigenvalue weighted by atomic mass is 16.7. The van der Waals surface area contributed by atoms with E-state index in [1.54, 1.807) is 14.2 Å². The van der Waals surface area contributed by atoms with Crippen molar-refractivity contribution >= 4 is 6.03 Å². The summed E-state index contributed by atoms with van der Waals surface area (Å²) >= 11 is 0. The summed E-state index contributed by atoms with van der Waals surface area (Å²) in [4.78, 5) is 10.8. The first kappa shape index (κ1) is 22.2. The molecule has 0 aliphatic rings. The number of carbonyl (C=O) groups excluding carboxylic acids is 1. The molecule has 2 amide bonds. The van der Waals surface area contributed by atoms with Crippen LogP contribution in [-0.2, 0) is 9.47 Å². The number of nitrogens with one attached hydrogen (secondary N) is 1. The molecule has 1 unspecified atom stereocenters. The van der Waals surface area contributed by atoms with Crippen molar-refractivity contribution in [3.8, 4) is 0 Å². The summed E-state index contributed by atoms with van der Waals surface area (Å²) in [6.07, 6.45) is 11.5. The number of nitrogens with two attached hydrogens (primary N) is 1. The van der Waals surface area contributed by atoms with E-state index in [9.17, 15) is 4.79 Å². The van der Waals surface area contributed by atoms with Crippen LogP contribution in [0.1, 0.15) is 78.1 Å². The number of unbranched alkanes of at least 4 members (excludes halogenated alkanes) is 5. The number of methoxy groups -OCH3 is 2. The molecule has 0 aromatic carbocycles. The normalized spacial score (nSPS) is 13.0. The largest absolute Gasteiger partial charge is 0.353 e. The number of primary amides is 1. The Hall–Kier alpha value is -0.810. The van der Waals surface area contributed by atoms with Crippen LogP contribution in [0.2, 0.25) is 0 Å². The van der Waals surface area contributed by atoms with E-state index in [-0.39, 0.29) is 0 Å². The minimum Gasteiger partial charge on any atom is -0.353 e. The Balaban J connectivity index is 4.39. The van der Waals surface area contributed by atoms with E-state index in [1.807, 2.05) is 0 Å². The van der Waals surface area contributed by atoms with Gasteiger partial charge in [-0.3, -0.25) is 0 Å². The molecule has 0 rings (SSSR count). The number of rotatable bonds is 15. The molecule has 0 fully saturated rings. The summed E-state index contributed by atoms with van der Waals surface area (Å²) in [5, 5.41) is 2.65. The molecule has 0 radical (unpaired) electrons. The summed E-state index contributed by atoms with van der Waals surface area (Å²) in [6, 6.07) is -0.460. The molecule has 0 saturated heterocycles. The summed E-state index contributed by atoms with van der Waals surface area (Å²) in [6.45, 7) is 4.95. The van der Waals surface area contributed by atoms with E-state index < -0.39 is 11.8 Å². The fourth-order valence-corrected chi connectivity index (χ4v) is 3.31. The van der Waals surface area contributed by atoms with Crippen molar-refractivity contribution in [2.45, 2.75) is 83.8 Å². The van der Waals surface area contributed by atoms with Crippen LogP contribution in [0.3, 0.4) is 0 Å². The second-order valence-electron chi connectivity index (χ2n) is 6.26. The van der Waals surface area contributed by atoms with Crippen molar-refractivity contribution in [3.05, 3.63) is 0 Å². The van der Waals surface area contributed by atoms with E-state index in [2.05, 4.69) is 19.2 Å². The van der Waals surface area contributed by atoms with Gasteiger partial charge in [0.1, 0.15) is 0 Å². The third-order valence-electron chi connectivity index (χ3n) is 4.74. The van der Waals surface area contributed by atoms with Crippen molar-refractivity contribution in [1.82, 2.24) is 5.32 Å². The molecule has 0 aliphatic heterocycles. The van der Waals surface area contributed by atoms with Crippen molar-refractivity contribution < 1.29 is 14.3 Å². The highest BCUT2D eigenvalue weighted by molar-refractivity contribution is 5.71. The maximum atomic E-state index is 10.8. The maximum absolute atomic E-state index is 10.8. The van der Waals surface area contributed by atoms with Crippen LogP contribution in [0.15, 0.2) is 0 Å². The molecule has 0 aromatic heterocycles. The second kappa shape index (κ2) is 13.6. The van der Waals surface area contributed by atoms with Crippen molar-refractivity contribution in [2.75, 3.05) is 20.8 Å². The summed E-state index contributed by atoms with van der Waals surface area (Å²) in [5.41, 5.74) is 5.11. The average Bonchev–Trinajstić information content (AvgIpc) is 2.55. The lowest BCUT2D eigenvalue weighted by atomic mass is 9.86. The van der Waals surface area contributed by atoms with E-state index >= 15 is 0 Å². The number of ether oxygens (including phenoxy) is 2. The van der Waals surface area contributed by atoms with Crippen LogP contribution >= 0.6 is 0 Å². The predicted octanol–water partition coefficient (Wildman–Crippen LogP) is 4.20. The molecule has 0 spiro atoms. The monoisotopic (exact) mass is 330 g/mol. The Morgan fingerprint density at radius 2 is 1.57 bits per heavy atom. The van der Waals surface area contributed by atoms with E-state index in [0.29, 0.717) is 12.5 Å². The van der Waals surface area contributed by atoms with Crippen molar-refractivity contribution in [1.29, 1.82) is 0 Å². The van der Waals surface area contributed by atoms with Gasteiger partial charge in [0.15, 0.2) is 5.79 Å². The Morgan fingerprint density at radius 3 is 2.09 bits per heavy atom. The van der Waals surface area contributed by atoms with Gasteiger partial charge in [-0.15, -0.1) is 0 Å². The molecule has 0 heterocycles. The van der Waals surface area contributed by atoms with Gasteiger partial charge in [0.05, 0.1) is 0 Å². The molecule has 3 N–H and O–H groups in total. The second-order valence-corrected chi connectivity index (χ2v) is 6.26. The van der Waals surface area contributed by atoms with Gasteiger partial charge >= 0.3 is 6.03 Å². The average molecular weight is 331 g/mol. The third-order valence-corrected chi connectivity index (χ3v) is 4.74. The number of amides is 2. The molecule has 0 aliphatic carbocycles. The number of hydrogen-bond acceptors (Lipinski definition) is 3. The quantitative estimate of drug-likeness (QED) is 0.349. The Kier molecular flexibility index (Phi) is 13.1. The Morgan fingerprint density at radius 1 is 1.00 bits per heavy atom. The van der Waals surface area contributed by atoms with Crippen LogP contribution < -0.4 is 11.1 Å². The summed E-state index contributed by atoms with van der Waals surface area (Å²) in [5.74, 6) is -0.181. The first-order chi connectivity index (χ1) is 11.1. The topological polar surface area (TPSA) is 73.6 Å². The van der Waals surface area contributed by atoms with Gasteiger partial charge < -0.3 is 20.5 Å². The molecule has 138 valence electrons. The number of urea groups is 1. The van der Waals surface area contributed by atoms with Gasteiger partial charge in [-0.25, -0.2) is 4.79 Å². The summed E-state index contributed by atoms with van der Waals surface area (Å²) in [7, 11) is 3.45. The SMILES string of the molecule is CCCCCCCCC(CCCNC(N)=O)C(CC)(OC)OC. The predicted molar refractivity (Wildman–Crippen MR) is 95.3 cm³/mol. The Labute approximate surface area is 142 Å². The van der Waals surface area contributed by atoms with E-state index in [4.69, 9.17) is 15.2 Å². The zero-order valence-electron chi connectivity index (χ0n) is 15.7. The van der Waals surface area contributed by atoms with Crippen molar-refractivity contribution in [2.24, 2.45) is 11.7 Å². The van der Waals surface area contributed by atoms with Gasteiger partial charge in [0, 0.05) is 26.7 Å². The minimum atomic E-state index is -0.518. The van der Waals surface area contributed by atoms with Crippen molar-refractivity contribution in [3.63, 3.8) is 0 Å². The molecule has 0 saturated carbocycles. The number of carbonyl (C=O) groups is 1. The smallest absolute Gasteiger partial charge is 0.312 e. The molecule has 23 heavy (non-hydrogen) atoms. The number of hydrogen-bond donors (Lipinski definition) is 2. The fraction of sp³-hybridized carbons (Fsp3) is 0.944. The molecular formula is C18H38N2O3. The lowest BCUT2D eigenvalue weighted by Gasteiger charge is -2.38. The maximum Gasteiger partial charge on any atom is 0.312 e. The fourth-order valence-electron chi connectivity index (χ4n) is 3.31. The van der Waals surface area contributed by atoms with Gasteiger partial charge in [-0.05, 0) is 25.7 Å². The lowest BCUT2D eigenvalue weighted by molar-refractivity contribution is -0.244. The van der Waals surface area contributed by atoms with Gasteiger partial charge in [-0.1, -0.05) is 52.4 Å². The van der Waals surface area contributed by atoms with Crippen LogP contribution in [0.4, 0.5) is 4.79 Å². The molecule has 5 nitrogen and oxygen atoms in total. The van der Waals surface area contributed by atoms with E-state index in [0.717, 1.165) is 25.7 Å². The first-order valence-corrected chi connectivity index (χ1v) is 9.19. The molecule has 5 heteroatoms. The molecule has 0 aromatic rings. The molecular weight excluding hydrogens is 292 g/mol. The molecule has 0 bridgehead atoms. The lowest BCUT2D eigenvalue weighted by Crippen LogP contribution is -2.42. The van der Waals surface area contributed by atoms with Crippen LogP contribution in [0.25, 0.3) is 0 Å². The van der Waals surface area contributed by atoms with Crippen LogP contribution in [0.5, 0.6) is 0 Å². The minimum absolute atomic E-state index is 0.336. The van der Waals surface area contributed by atoms with Gasteiger partial charge in [0.25, 0.3) is 0 Å². The zero-order valence-corrected chi connectivity index (χ0v) is 15.7.